The number of para-hydroxylation sites is 1. The number of nitrogens with two attached hydrogens (primary N) is 2. The summed E-state index contributed by atoms with van der Waals surface area (Å²) in [7, 11) is 0. The van der Waals surface area contributed by atoms with Crippen molar-refractivity contribution in [2.24, 2.45) is 11.5 Å². The SMILES string of the molecule is NC(=O)[C@]1(N)CCOc2ccccc21. The van der Waals surface area contributed by atoms with Gasteiger partial charge in [0, 0.05) is 12.0 Å². The lowest BCUT2D eigenvalue weighted by Gasteiger charge is -2.32. The van der Waals surface area contributed by atoms with E-state index in [2.05, 4.69) is 0 Å². The van der Waals surface area contributed by atoms with Crippen molar-refractivity contribution in [1.29, 1.82) is 0 Å². The van der Waals surface area contributed by atoms with Gasteiger partial charge in [0.05, 0.1) is 6.61 Å². The summed E-state index contributed by atoms with van der Waals surface area (Å²) >= 11 is 0. The van der Waals surface area contributed by atoms with Crippen molar-refractivity contribution < 1.29 is 9.53 Å². The quantitative estimate of drug-likeness (QED) is 0.662. The summed E-state index contributed by atoms with van der Waals surface area (Å²) in [6.07, 6.45) is 0.430. The molecule has 0 fully saturated rings. The van der Waals surface area contributed by atoms with Crippen LogP contribution in [-0.2, 0) is 10.3 Å². The third-order valence-corrected chi connectivity index (χ3v) is 2.56. The van der Waals surface area contributed by atoms with Crippen LogP contribution in [-0.4, -0.2) is 12.5 Å². The standard InChI is InChI=1S/C10H12N2O2/c11-9(13)10(12)5-6-14-8-4-2-1-3-7(8)10/h1-4H,5-6,12H2,(H2,11,13)/t10-/m0/s1. The van der Waals surface area contributed by atoms with Gasteiger partial charge in [0.15, 0.2) is 0 Å². The van der Waals surface area contributed by atoms with Crippen LogP contribution in [0.4, 0.5) is 0 Å². The maximum absolute atomic E-state index is 11.3. The van der Waals surface area contributed by atoms with Gasteiger partial charge in [-0.1, -0.05) is 18.2 Å². The Morgan fingerprint density at radius 3 is 2.86 bits per heavy atom. The maximum Gasteiger partial charge on any atom is 0.242 e. The minimum atomic E-state index is -1.07. The molecule has 0 saturated carbocycles. The molecule has 1 aliphatic rings. The number of ether oxygens (including phenoxy) is 1. The Morgan fingerprint density at radius 2 is 2.14 bits per heavy atom. The fourth-order valence-electron chi connectivity index (χ4n) is 1.67. The van der Waals surface area contributed by atoms with Crippen LogP contribution < -0.4 is 16.2 Å². The third kappa shape index (κ3) is 1.15. The van der Waals surface area contributed by atoms with Crippen LogP contribution in [0, 0.1) is 0 Å². The van der Waals surface area contributed by atoms with Crippen molar-refractivity contribution in [2.45, 2.75) is 12.0 Å². The third-order valence-electron chi connectivity index (χ3n) is 2.56. The highest BCUT2D eigenvalue weighted by molar-refractivity contribution is 5.87. The van der Waals surface area contributed by atoms with E-state index in [4.69, 9.17) is 16.2 Å². The Balaban J connectivity index is 2.55. The summed E-state index contributed by atoms with van der Waals surface area (Å²) in [5, 5.41) is 0. The smallest absolute Gasteiger partial charge is 0.242 e. The normalized spacial score (nSPS) is 24.9. The molecule has 1 amide bonds. The minimum Gasteiger partial charge on any atom is -0.493 e. The van der Waals surface area contributed by atoms with Gasteiger partial charge in [-0.15, -0.1) is 0 Å². The fraction of sp³-hybridized carbons (Fsp3) is 0.300. The Kier molecular flexibility index (Phi) is 1.93. The molecule has 0 radical (unpaired) electrons. The number of hydrogen-bond acceptors (Lipinski definition) is 3. The Hall–Kier alpha value is -1.55. The highest BCUT2D eigenvalue weighted by Gasteiger charge is 2.39. The second-order valence-corrected chi connectivity index (χ2v) is 3.43. The topological polar surface area (TPSA) is 78.3 Å². The lowest BCUT2D eigenvalue weighted by Crippen LogP contribution is -2.51. The van der Waals surface area contributed by atoms with E-state index in [9.17, 15) is 4.79 Å². The lowest BCUT2D eigenvalue weighted by atomic mass is 9.85. The van der Waals surface area contributed by atoms with Gasteiger partial charge in [-0.3, -0.25) is 4.79 Å². The average Bonchev–Trinajstić information content (AvgIpc) is 2.18. The summed E-state index contributed by atoms with van der Waals surface area (Å²) in [6.45, 7) is 0.427. The van der Waals surface area contributed by atoms with E-state index < -0.39 is 11.4 Å². The van der Waals surface area contributed by atoms with E-state index in [0.29, 0.717) is 24.3 Å². The molecule has 2 rings (SSSR count). The summed E-state index contributed by atoms with van der Waals surface area (Å²) < 4.78 is 5.38. The van der Waals surface area contributed by atoms with Crippen molar-refractivity contribution >= 4 is 5.91 Å². The first-order chi connectivity index (χ1) is 6.64. The monoisotopic (exact) mass is 192 g/mol. The van der Waals surface area contributed by atoms with Crippen LogP contribution in [0.2, 0.25) is 0 Å². The van der Waals surface area contributed by atoms with Crippen molar-refractivity contribution in [3.63, 3.8) is 0 Å². The number of hydrogen-bond donors (Lipinski definition) is 2. The number of amides is 1. The molecule has 4 heteroatoms. The van der Waals surface area contributed by atoms with Gasteiger partial charge >= 0.3 is 0 Å². The molecule has 1 heterocycles. The second kappa shape index (κ2) is 2.99. The Bertz CT molecular complexity index is 378. The zero-order chi connectivity index (χ0) is 10.2. The van der Waals surface area contributed by atoms with E-state index in [0.717, 1.165) is 0 Å². The number of primary amides is 1. The predicted molar refractivity (Wildman–Crippen MR) is 51.6 cm³/mol. The van der Waals surface area contributed by atoms with E-state index in [1.165, 1.54) is 0 Å². The molecule has 0 aromatic heterocycles. The van der Waals surface area contributed by atoms with Gasteiger partial charge in [0.25, 0.3) is 0 Å². The number of carbonyl (C=O) groups excluding carboxylic acids is 1. The summed E-state index contributed by atoms with van der Waals surface area (Å²) in [5.74, 6) is 0.147. The first-order valence-electron chi connectivity index (χ1n) is 4.46. The first kappa shape index (κ1) is 9.02. The van der Waals surface area contributed by atoms with Crippen molar-refractivity contribution in [2.75, 3.05) is 6.61 Å². The van der Waals surface area contributed by atoms with E-state index in [-0.39, 0.29) is 0 Å². The Labute approximate surface area is 81.8 Å². The van der Waals surface area contributed by atoms with Crippen molar-refractivity contribution in [3.05, 3.63) is 29.8 Å². The van der Waals surface area contributed by atoms with Crippen molar-refractivity contribution in [1.82, 2.24) is 0 Å². The minimum absolute atomic E-state index is 0.427. The molecule has 4 N–H and O–H groups in total. The van der Waals surface area contributed by atoms with Crippen LogP contribution in [0.25, 0.3) is 0 Å². The largest absolute Gasteiger partial charge is 0.493 e. The van der Waals surface area contributed by atoms with E-state index in [1.807, 2.05) is 12.1 Å². The van der Waals surface area contributed by atoms with Gasteiger partial charge < -0.3 is 16.2 Å². The van der Waals surface area contributed by atoms with Gasteiger partial charge in [-0.05, 0) is 6.07 Å². The zero-order valence-electron chi connectivity index (χ0n) is 7.69. The number of carbonyl (C=O) groups is 1. The van der Waals surface area contributed by atoms with Gasteiger partial charge in [0.1, 0.15) is 11.3 Å². The van der Waals surface area contributed by atoms with Gasteiger partial charge in [-0.25, -0.2) is 0 Å². The van der Waals surface area contributed by atoms with E-state index in [1.54, 1.807) is 12.1 Å². The fourth-order valence-corrected chi connectivity index (χ4v) is 1.67. The maximum atomic E-state index is 11.3. The van der Waals surface area contributed by atoms with Crippen LogP contribution in [0.3, 0.4) is 0 Å². The molecular formula is C10H12N2O2. The van der Waals surface area contributed by atoms with E-state index >= 15 is 0 Å². The molecular weight excluding hydrogens is 180 g/mol. The highest BCUT2D eigenvalue weighted by Crippen LogP contribution is 2.34. The van der Waals surface area contributed by atoms with Gasteiger partial charge in [-0.2, -0.15) is 0 Å². The molecule has 4 nitrogen and oxygen atoms in total. The van der Waals surface area contributed by atoms with Crippen LogP contribution in [0.5, 0.6) is 5.75 Å². The predicted octanol–water partition coefficient (Wildman–Crippen LogP) is 0.108. The second-order valence-electron chi connectivity index (χ2n) is 3.43. The van der Waals surface area contributed by atoms with Crippen LogP contribution in [0.15, 0.2) is 24.3 Å². The van der Waals surface area contributed by atoms with Crippen molar-refractivity contribution in [3.8, 4) is 5.75 Å². The molecule has 1 atom stereocenters. The number of fused-ring (bicyclic) bond motifs is 1. The molecule has 0 spiro atoms. The van der Waals surface area contributed by atoms with Crippen LogP contribution >= 0.6 is 0 Å². The molecule has 74 valence electrons. The average molecular weight is 192 g/mol. The van der Waals surface area contributed by atoms with Crippen LogP contribution in [0.1, 0.15) is 12.0 Å². The summed E-state index contributed by atoms with van der Waals surface area (Å²) in [5.41, 5.74) is 10.9. The summed E-state index contributed by atoms with van der Waals surface area (Å²) in [6, 6.07) is 7.22. The first-order valence-corrected chi connectivity index (χ1v) is 4.46. The zero-order valence-corrected chi connectivity index (χ0v) is 7.69. The van der Waals surface area contributed by atoms with Gasteiger partial charge in [0.2, 0.25) is 5.91 Å². The molecule has 14 heavy (non-hydrogen) atoms. The molecule has 0 aliphatic carbocycles. The Morgan fingerprint density at radius 1 is 1.43 bits per heavy atom. The summed E-state index contributed by atoms with van der Waals surface area (Å²) in [4.78, 5) is 11.3. The number of rotatable bonds is 1. The molecule has 0 bridgehead atoms. The molecule has 1 aromatic carbocycles. The number of benzene rings is 1. The lowest BCUT2D eigenvalue weighted by molar-refractivity contribution is -0.124. The highest BCUT2D eigenvalue weighted by atomic mass is 16.5. The molecule has 1 aromatic rings. The molecule has 0 saturated heterocycles. The molecule has 1 aliphatic heterocycles. The molecule has 0 unspecified atom stereocenters.